The van der Waals surface area contributed by atoms with Crippen LogP contribution >= 0.6 is 0 Å². The minimum atomic E-state index is -0.297. The van der Waals surface area contributed by atoms with Gasteiger partial charge in [-0.3, -0.25) is 9.59 Å². The molecule has 0 unspecified atom stereocenters. The fourth-order valence-corrected chi connectivity index (χ4v) is 3.42. The van der Waals surface area contributed by atoms with Crippen molar-refractivity contribution in [3.63, 3.8) is 0 Å². The van der Waals surface area contributed by atoms with E-state index < -0.39 is 0 Å². The maximum Gasteiger partial charge on any atom is 0.227 e. The van der Waals surface area contributed by atoms with Crippen LogP contribution in [0.3, 0.4) is 0 Å². The Morgan fingerprint density at radius 1 is 1.00 bits per heavy atom. The lowest BCUT2D eigenvalue weighted by molar-refractivity contribution is -0.122. The van der Waals surface area contributed by atoms with Crippen LogP contribution in [0.2, 0.25) is 0 Å². The van der Waals surface area contributed by atoms with E-state index in [0.717, 1.165) is 11.3 Å². The monoisotopic (exact) mass is 434 g/mol. The van der Waals surface area contributed by atoms with Crippen molar-refractivity contribution >= 4 is 23.2 Å². The van der Waals surface area contributed by atoms with E-state index in [9.17, 15) is 14.0 Å². The number of nitrogens with one attached hydrogen (secondary N) is 1. The van der Waals surface area contributed by atoms with Crippen molar-refractivity contribution in [2.24, 2.45) is 0 Å². The van der Waals surface area contributed by atoms with Gasteiger partial charge in [0, 0.05) is 24.6 Å². The Kier molecular flexibility index (Phi) is 6.65. The summed E-state index contributed by atoms with van der Waals surface area (Å²) < 4.78 is 24.3. The highest BCUT2D eigenvalue weighted by Gasteiger charge is 2.23. The van der Waals surface area contributed by atoms with Gasteiger partial charge in [0.15, 0.2) is 0 Å². The van der Waals surface area contributed by atoms with Gasteiger partial charge >= 0.3 is 0 Å². The number of carbonyl (C=O) groups is 2. The molecule has 3 aromatic rings. The van der Waals surface area contributed by atoms with Crippen molar-refractivity contribution in [3.05, 3.63) is 84.2 Å². The van der Waals surface area contributed by atoms with Crippen molar-refractivity contribution in [1.82, 2.24) is 0 Å². The van der Waals surface area contributed by atoms with Crippen molar-refractivity contribution in [2.45, 2.75) is 19.4 Å². The van der Waals surface area contributed by atoms with Crippen molar-refractivity contribution in [3.8, 4) is 11.5 Å². The van der Waals surface area contributed by atoms with E-state index in [-0.39, 0.29) is 37.1 Å². The minimum Gasteiger partial charge on any atom is -0.490 e. The Balaban J connectivity index is 1.28. The van der Waals surface area contributed by atoms with Crippen LogP contribution in [0.15, 0.2) is 72.8 Å². The van der Waals surface area contributed by atoms with E-state index in [0.29, 0.717) is 30.3 Å². The molecule has 0 saturated heterocycles. The van der Waals surface area contributed by atoms with Crippen molar-refractivity contribution in [2.75, 3.05) is 23.4 Å². The molecule has 4 rings (SSSR count). The maximum atomic E-state index is 13.0. The average Bonchev–Trinajstić information content (AvgIpc) is 2.82. The zero-order chi connectivity index (χ0) is 22.3. The van der Waals surface area contributed by atoms with Crippen LogP contribution in [-0.4, -0.2) is 25.0 Å². The van der Waals surface area contributed by atoms with E-state index >= 15 is 0 Å². The van der Waals surface area contributed by atoms with Crippen molar-refractivity contribution < 1.29 is 23.5 Å². The zero-order valence-corrected chi connectivity index (χ0v) is 17.4. The number of fused-ring (bicyclic) bond motifs is 1. The summed E-state index contributed by atoms with van der Waals surface area (Å²) in [4.78, 5) is 26.7. The molecule has 0 aliphatic carbocycles. The molecule has 32 heavy (non-hydrogen) atoms. The molecule has 7 heteroatoms. The van der Waals surface area contributed by atoms with E-state index in [4.69, 9.17) is 9.47 Å². The lowest BCUT2D eigenvalue weighted by Gasteiger charge is -2.29. The smallest absolute Gasteiger partial charge is 0.227 e. The largest absolute Gasteiger partial charge is 0.490 e. The summed E-state index contributed by atoms with van der Waals surface area (Å²) in [5.41, 5.74) is 2.15. The van der Waals surface area contributed by atoms with Crippen LogP contribution in [-0.2, 0) is 16.2 Å². The number of para-hydroxylation sites is 2. The molecule has 0 bridgehead atoms. The minimum absolute atomic E-state index is 0.0685. The predicted octanol–water partition coefficient (Wildman–Crippen LogP) is 4.55. The molecular formula is C25H23FN2O4. The topological polar surface area (TPSA) is 67.9 Å². The first-order valence-electron chi connectivity index (χ1n) is 10.4. The van der Waals surface area contributed by atoms with Gasteiger partial charge in [-0.15, -0.1) is 0 Å². The number of ether oxygens (including phenoxy) is 2. The summed E-state index contributed by atoms with van der Waals surface area (Å²) in [6.07, 6.45) is 0.167. The lowest BCUT2D eigenvalue weighted by Crippen LogP contribution is -2.38. The van der Waals surface area contributed by atoms with Gasteiger partial charge in [-0.2, -0.15) is 0 Å². The molecule has 0 spiro atoms. The number of hydrogen-bond donors (Lipinski definition) is 1. The van der Waals surface area contributed by atoms with Gasteiger partial charge in [-0.05, 0) is 42.0 Å². The number of hydrogen-bond acceptors (Lipinski definition) is 4. The first-order valence-corrected chi connectivity index (χ1v) is 10.4. The maximum absolute atomic E-state index is 13.0. The standard InChI is InChI=1S/C25H23FN2O4/c26-19-10-8-18(9-11-19)17-32-21-5-3-4-20(16-21)27-24(29)12-13-25(30)28-14-15-31-23-7-2-1-6-22(23)28/h1-11,16H,12-15,17H2,(H,27,29). The van der Waals surface area contributed by atoms with Gasteiger partial charge < -0.3 is 19.7 Å². The van der Waals surface area contributed by atoms with Gasteiger partial charge in [0.2, 0.25) is 11.8 Å². The predicted molar refractivity (Wildman–Crippen MR) is 119 cm³/mol. The summed E-state index contributed by atoms with van der Waals surface area (Å²) in [7, 11) is 0. The van der Waals surface area contributed by atoms with Crippen LogP contribution in [0.1, 0.15) is 18.4 Å². The highest BCUT2D eigenvalue weighted by molar-refractivity contribution is 5.99. The van der Waals surface area contributed by atoms with E-state index in [2.05, 4.69) is 5.32 Å². The Hall–Kier alpha value is -3.87. The fraction of sp³-hybridized carbons (Fsp3) is 0.200. The number of anilines is 2. The molecule has 0 fully saturated rings. The third-order valence-electron chi connectivity index (χ3n) is 5.03. The molecule has 1 aliphatic rings. The molecule has 0 atom stereocenters. The molecule has 1 heterocycles. The summed E-state index contributed by atoms with van der Waals surface area (Å²) >= 11 is 0. The Bertz CT molecular complexity index is 1100. The third-order valence-corrected chi connectivity index (χ3v) is 5.03. The van der Waals surface area contributed by atoms with E-state index in [1.54, 1.807) is 41.3 Å². The average molecular weight is 434 g/mol. The number of carbonyl (C=O) groups excluding carboxylic acids is 2. The number of nitrogens with zero attached hydrogens (tertiary/aromatic N) is 1. The van der Waals surface area contributed by atoms with Crippen LogP contribution in [0.5, 0.6) is 11.5 Å². The highest BCUT2D eigenvalue weighted by Crippen LogP contribution is 2.31. The third kappa shape index (κ3) is 5.43. The molecular weight excluding hydrogens is 411 g/mol. The summed E-state index contributed by atoms with van der Waals surface area (Å²) in [5, 5.41) is 2.80. The first kappa shape index (κ1) is 21.4. The molecule has 1 aliphatic heterocycles. The first-order chi connectivity index (χ1) is 15.6. The molecule has 0 saturated carbocycles. The van der Waals surface area contributed by atoms with Gasteiger partial charge in [0.05, 0.1) is 12.2 Å². The second kappa shape index (κ2) is 9.96. The van der Waals surface area contributed by atoms with Gasteiger partial charge in [0.1, 0.15) is 30.5 Å². The van der Waals surface area contributed by atoms with Crippen molar-refractivity contribution in [1.29, 1.82) is 0 Å². The normalized spacial score (nSPS) is 12.5. The number of rotatable bonds is 7. The number of amides is 2. The molecule has 3 aromatic carbocycles. The summed E-state index contributed by atoms with van der Waals surface area (Å²) in [6.45, 7) is 1.18. The molecule has 0 aromatic heterocycles. The summed E-state index contributed by atoms with van der Waals surface area (Å²) in [6, 6.07) is 20.5. The number of benzene rings is 3. The summed E-state index contributed by atoms with van der Waals surface area (Å²) in [5.74, 6) is 0.583. The van der Waals surface area contributed by atoms with Gasteiger partial charge in [-0.25, -0.2) is 4.39 Å². The zero-order valence-electron chi connectivity index (χ0n) is 17.4. The quantitative estimate of drug-likeness (QED) is 0.593. The Morgan fingerprint density at radius 2 is 1.81 bits per heavy atom. The Labute approximate surface area is 185 Å². The second-order valence-corrected chi connectivity index (χ2v) is 7.35. The van der Waals surface area contributed by atoms with Crippen LogP contribution in [0, 0.1) is 5.82 Å². The van der Waals surface area contributed by atoms with Gasteiger partial charge in [-0.1, -0.05) is 30.3 Å². The van der Waals surface area contributed by atoms with Gasteiger partial charge in [0.25, 0.3) is 0 Å². The van der Waals surface area contributed by atoms with E-state index in [1.165, 1.54) is 12.1 Å². The highest BCUT2D eigenvalue weighted by atomic mass is 19.1. The Morgan fingerprint density at radius 3 is 2.66 bits per heavy atom. The molecule has 1 N–H and O–H groups in total. The SMILES string of the molecule is O=C(CCC(=O)N1CCOc2ccccc21)Nc1cccc(OCc2ccc(F)cc2)c1. The fourth-order valence-electron chi connectivity index (χ4n) is 3.42. The van der Waals surface area contributed by atoms with E-state index in [1.807, 2.05) is 24.3 Å². The number of halogens is 1. The van der Waals surface area contributed by atoms with Crippen LogP contribution in [0.25, 0.3) is 0 Å². The lowest BCUT2D eigenvalue weighted by atomic mass is 10.2. The molecule has 164 valence electrons. The van der Waals surface area contributed by atoms with Crippen LogP contribution in [0.4, 0.5) is 15.8 Å². The van der Waals surface area contributed by atoms with Crippen LogP contribution < -0.4 is 19.7 Å². The molecule has 2 amide bonds. The second-order valence-electron chi connectivity index (χ2n) is 7.35. The molecule has 0 radical (unpaired) electrons. The molecule has 6 nitrogen and oxygen atoms in total.